The summed E-state index contributed by atoms with van der Waals surface area (Å²) in [6.45, 7) is 0. The van der Waals surface area contributed by atoms with Crippen LogP contribution in [0.3, 0.4) is 0 Å². The fourth-order valence-corrected chi connectivity index (χ4v) is 11.0. The van der Waals surface area contributed by atoms with Gasteiger partial charge < -0.3 is 10.0 Å². The molecule has 5 heterocycles. The highest BCUT2D eigenvalue weighted by Gasteiger charge is 2.18. The Bertz CT molecular complexity index is 3480. The standard InChI is InChI=1S/C50H34N4.C11H10BNO2.C6H2Br4/c1-9-43(10-2-35(1)39-17-25-51-26-18-39)47-33-49(45-13-5-37(6-14-45)41-21-29-53-30-22-41)50(46-15-7-38(8-16-46)42-23-31-54-32-24-42)34-48(47)44-11-3-36(4-12-44)40-19-27-52-28-20-40;14-12(15)11-3-1-9(2-4-11)10-5-7-13-8-6-10;7-3-1-4(8)6(10)2-5(3)9/h1-34H;1-8,14-15H;1-2H. The topological polar surface area (TPSA) is 105 Å². The monoisotopic (exact) mass is 1280 g/mol. The van der Waals surface area contributed by atoms with E-state index in [0.717, 1.165) is 95.8 Å². The van der Waals surface area contributed by atoms with Crippen molar-refractivity contribution in [2.75, 3.05) is 0 Å². The Kier molecular flexibility index (Phi) is 18.1. The quantitative estimate of drug-likeness (QED) is 0.104. The molecule has 12 heteroatoms. The zero-order valence-corrected chi connectivity index (χ0v) is 48.5. The Balaban J connectivity index is 0.000000230. The van der Waals surface area contributed by atoms with Crippen molar-refractivity contribution in [3.63, 3.8) is 0 Å². The van der Waals surface area contributed by atoms with Crippen LogP contribution < -0.4 is 5.46 Å². The lowest BCUT2D eigenvalue weighted by Crippen LogP contribution is -2.29. The first kappa shape index (κ1) is 54.5. The van der Waals surface area contributed by atoms with Crippen LogP contribution >= 0.6 is 63.7 Å². The zero-order valence-electron chi connectivity index (χ0n) is 42.1. The van der Waals surface area contributed by atoms with Gasteiger partial charge in [-0.1, -0.05) is 121 Å². The molecule has 0 radical (unpaired) electrons. The van der Waals surface area contributed by atoms with Crippen LogP contribution in [0.5, 0.6) is 0 Å². The molecule has 0 atom stereocenters. The summed E-state index contributed by atoms with van der Waals surface area (Å²) >= 11 is 13.5. The Labute approximate surface area is 493 Å². The van der Waals surface area contributed by atoms with E-state index in [2.05, 4.69) is 198 Å². The van der Waals surface area contributed by atoms with Gasteiger partial charge in [0.25, 0.3) is 0 Å². The first-order valence-corrected chi connectivity index (χ1v) is 28.2. The molecule has 0 unspecified atom stereocenters. The number of halogens is 4. The van der Waals surface area contributed by atoms with Crippen molar-refractivity contribution in [2.45, 2.75) is 0 Å². The molecular formula is C67H46BBr4N5O2. The van der Waals surface area contributed by atoms with Crippen molar-refractivity contribution in [1.29, 1.82) is 0 Å². The second-order valence-electron chi connectivity index (χ2n) is 18.1. The van der Waals surface area contributed by atoms with Crippen LogP contribution in [0.4, 0.5) is 0 Å². The van der Waals surface area contributed by atoms with Gasteiger partial charge in [-0.25, -0.2) is 0 Å². The van der Waals surface area contributed by atoms with E-state index in [4.69, 9.17) is 10.0 Å². The van der Waals surface area contributed by atoms with Crippen LogP contribution in [0.1, 0.15) is 0 Å². The zero-order chi connectivity index (χ0) is 54.5. The van der Waals surface area contributed by atoms with Gasteiger partial charge in [0.1, 0.15) is 0 Å². The highest BCUT2D eigenvalue weighted by Crippen LogP contribution is 2.44. The molecule has 0 saturated carbocycles. The predicted octanol–water partition coefficient (Wildman–Crippen LogP) is 17.8. The molecule has 0 aliphatic rings. The van der Waals surface area contributed by atoms with Gasteiger partial charge >= 0.3 is 7.12 Å². The molecule has 0 aliphatic carbocycles. The third-order valence-corrected chi connectivity index (χ3v) is 16.9. The van der Waals surface area contributed by atoms with E-state index in [-0.39, 0.29) is 0 Å². The number of hydrogen-bond acceptors (Lipinski definition) is 7. The number of aromatic nitrogens is 5. The average molecular weight is 1280 g/mol. The van der Waals surface area contributed by atoms with Crippen LogP contribution in [-0.2, 0) is 0 Å². The molecule has 0 aliphatic heterocycles. The van der Waals surface area contributed by atoms with E-state index in [0.29, 0.717) is 5.46 Å². The number of pyridine rings is 5. The molecule has 0 amide bonds. The van der Waals surface area contributed by atoms with Crippen molar-refractivity contribution in [3.8, 4) is 100 Å². The number of rotatable bonds is 10. The summed E-state index contributed by atoms with van der Waals surface area (Å²) in [5.41, 5.74) is 21.0. The van der Waals surface area contributed by atoms with Gasteiger partial charge in [-0.3, -0.25) is 24.9 Å². The fraction of sp³-hybridized carbons (Fsp3) is 0. The van der Waals surface area contributed by atoms with Crippen LogP contribution in [0, 0.1) is 0 Å². The molecule has 12 rings (SSSR count). The summed E-state index contributed by atoms with van der Waals surface area (Å²) in [5.74, 6) is 0. The Hall–Kier alpha value is -7.81. The van der Waals surface area contributed by atoms with E-state index in [1.807, 2.05) is 135 Å². The second-order valence-corrected chi connectivity index (χ2v) is 21.5. The average Bonchev–Trinajstić information content (AvgIpc) is 3.52. The van der Waals surface area contributed by atoms with Crippen molar-refractivity contribution < 1.29 is 10.0 Å². The third kappa shape index (κ3) is 13.7. The van der Waals surface area contributed by atoms with Crippen LogP contribution in [0.15, 0.2) is 286 Å². The van der Waals surface area contributed by atoms with Crippen molar-refractivity contribution in [3.05, 3.63) is 286 Å². The minimum atomic E-state index is -1.41. The smallest absolute Gasteiger partial charge is 0.423 e. The normalized spacial score (nSPS) is 10.7. The SMILES string of the molecule is Brc1cc(Br)c(Br)cc1Br.OB(O)c1ccc(-c2ccncc2)cc1.c1cc(-c2ccc(-c3cc(-c4ccc(-c5ccncc5)cc4)c(-c4ccc(-c5ccncc5)cc4)cc3-c3ccc(-c4ccncc4)cc3)cc2)ccn1. The van der Waals surface area contributed by atoms with Crippen LogP contribution in [0.25, 0.3) is 100 Å². The molecule has 0 saturated heterocycles. The summed E-state index contributed by atoms with van der Waals surface area (Å²) in [6, 6.07) is 71.5. The summed E-state index contributed by atoms with van der Waals surface area (Å²) in [6.07, 6.45) is 18.2. The van der Waals surface area contributed by atoms with E-state index in [1.54, 1.807) is 24.5 Å². The summed E-state index contributed by atoms with van der Waals surface area (Å²) in [4.78, 5) is 20.8. The number of benzene rings is 7. The van der Waals surface area contributed by atoms with Crippen molar-refractivity contribution in [2.24, 2.45) is 0 Å². The molecular weight excluding hydrogens is 1240 g/mol. The highest BCUT2D eigenvalue weighted by molar-refractivity contribution is 9.14. The maximum absolute atomic E-state index is 8.93. The third-order valence-electron chi connectivity index (χ3n) is 13.2. The molecule has 0 bridgehead atoms. The van der Waals surface area contributed by atoms with Gasteiger partial charge in [-0.15, -0.1) is 0 Å². The molecule has 79 heavy (non-hydrogen) atoms. The number of hydrogen-bond donors (Lipinski definition) is 2. The van der Waals surface area contributed by atoms with Crippen LogP contribution in [0.2, 0.25) is 0 Å². The summed E-state index contributed by atoms with van der Waals surface area (Å²) < 4.78 is 4.18. The Morgan fingerprint density at radius 3 is 0.570 bits per heavy atom. The molecule has 12 aromatic rings. The van der Waals surface area contributed by atoms with E-state index in [9.17, 15) is 0 Å². The molecule has 382 valence electrons. The van der Waals surface area contributed by atoms with Gasteiger partial charge in [-0.05, 0) is 254 Å². The van der Waals surface area contributed by atoms with Crippen molar-refractivity contribution in [1.82, 2.24) is 24.9 Å². The van der Waals surface area contributed by atoms with E-state index in [1.165, 1.54) is 22.3 Å². The van der Waals surface area contributed by atoms with E-state index < -0.39 is 7.12 Å². The molecule has 0 fully saturated rings. The molecule has 0 spiro atoms. The first-order chi connectivity index (χ1) is 38.6. The largest absolute Gasteiger partial charge is 0.488 e. The minimum Gasteiger partial charge on any atom is -0.423 e. The predicted molar refractivity (Wildman–Crippen MR) is 338 cm³/mol. The lowest BCUT2D eigenvalue weighted by Gasteiger charge is -2.19. The molecule has 7 aromatic carbocycles. The highest BCUT2D eigenvalue weighted by atomic mass is 79.9. The van der Waals surface area contributed by atoms with E-state index >= 15 is 0 Å². The lowest BCUT2D eigenvalue weighted by molar-refractivity contribution is 0.426. The lowest BCUT2D eigenvalue weighted by atomic mass is 9.80. The Morgan fingerprint density at radius 2 is 0.380 bits per heavy atom. The maximum Gasteiger partial charge on any atom is 0.488 e. The van der Waals surface area contributed by atoms with Gasteiger partial charge in [0.2, 0.25) is 0 Å². The Morgan fingerprint density at radius 1 is 0.215 bits per heavy atom. The van der Waals surface area contributed by atoms with Gasteiger partial charge in [-0.2, -0.15) is 0 Å². The molecule has 7 nitrogen and oxygen atoms in total. The second kappa shape index (κ2) is 26.2. The minimum absolute atomic E-state index is 0.493. The molecule has 5 aromatic heterocycles. The van der Waals surface area contributed by atoms with Gasteiger partial charge in [0.15, 0.2) is 0 Å². The van der Waals surface area contributed by atoms with Crippen LogP contribution in [-0.4, -0.2) is 42.1 Å². The fourth-order valence-electron chi connectivity index (χ4n) is 8.99. The maximum atomic E-state index is 8.93. The number of nitrogens with zero attached hydrogens (tertiary/aromatic N) is 5. The first-order valence-electron chi connectivity index (χ1n) is 25.0. The van der Waals surface area contributed by atoms with Crippen molar-refractivity contribution >= 4 is 76.3 Å². The summed E-state index contributed by atoms with van der Waals surface area (Å²) in [5, 5.41) is 17.9. The summed E-state index contributed by atoms with van der Waals surface area (Å²) in [7, 11) is -1.41. The van der Waals surface area contributed by atoms with Gasteiger partial charge in [0, 0.05) is 79.9 Å². The van der Waals surface area contributed by atoms with Gasteiger partial charge in [0.05, 0.1) is 0 Å². The molecule has 2 N–H and O–H groups in total.